The molecule has 37 heavy (non-hydrogen) atoms. The maximum Gasteiger partial charge on any atom is 0.250 e. The van der Waals surface area contributed by atoms with Crippen LogP contribution in [-0.2, 0) is 6.42 Å². The minimum absolute atomic E-state index is 0.146. The second-order valence-corrected chi connectivity index (χ2v) is 17.6. The summed E-state index contributed by atoms with van der Waals surface area (Å²) in [7, 11) is -1.93. The van der Waals surface area contributed by atoms with Crippen LogP contribution in [0.25, 0.3) is 0 Å². The summed E-state index contributed by atoms with van der Waals surface area (Å²) in [5.74, 6) is 2.06. The Bertz CT molecular complexity index is 1200. The quantitative estimate of drug-likeness (QED) is 0.209. The molecule has 0 spiro atoms. The van der Waals surface area contributed by atoms with Gasteiger partial charge in [-0.25, -0.2) is 0 Å². The molecule has 1 atom stereocenters. The predicted molar refractivity (Wildman–Crippen MR) is 166 cm³/mol. The Morgan fingerprint density at radius 2 is 1.65 bits per heavy atom. The Balaban J connectivity index is 1.94. The topological polar surface area (TPSA) is 18.5 Å². The van der Waals surface area contributed by atoms with Crippen molar-refractivity contribution in [3.63, 3.8) is 0 Å². The lowest BCUT2D eigenvalue weighted by molar-refractivity contribution is 0.0560. The molecular weight excluding hydrogens is 468 g/mol. The summed E-state index contributed by atoms with van der Waals surface area (Å²) in [6, 6.07) is 2.18. The molecule has 0 N–H and O–H groups in total. The molecule has 0 fully saturated rings. The molecule has 3 heteroatoms. The lowest BCUT2D eigenvalue weighted by atomic mass is 9.86. The van der Waals surface area contributed by atoms with Gasteiger partial charge in [0.2, 0.25) is 8.32 Å². The third-order valence-electron chi connectivity index (χ3n) is 8.31. The van der Waals surface area contributed by atoms with Gasteiger partial charge < -0.3 is 9.16 Å². The molecule has 0 amide bonds. The zero-order valence-electron chi connectivity index (χ0n) is 31.3. The highest BCUT2D eigenvalue weighted by molar-refractivity contribution is 6.74. The standard InChI is InChI=1S/C34H56O2Si/c1-25(2)16-13-17-26(3)18-14-19-27(4)20-15-22-34(10)23-21-30-29(6)31(24-28(5)32(30)35-34)36-37(11,12)33(7,8)9/h16,18,20,24H,13-15,17,19,21-23H2,1-12H3/b26-18+,27-20+/t34-/m1/s1/i1D3,2D3. The van der Waals surface area contributed by atoms with Crippen molar-refractivity contribution in [3.8, 4) is 11.5 Å². The fourth-order valence-corrected chi connectivity index (χ4v) is 5.65. The van der Waals surface area contributed by atoms with Crippen molar-refractivity contribution in [2.24, 2.45) is 0 Å². The van der Waals surface area contributed by atoms with Gasteiger partial charge in [0.1, 0.15) is 17.1 Å². The molecule has 0 saturated heterocycles. The first-order chi connectivity index (χ1) is 19.5. The van der Waals surface area contributed by atoms with Gasteiger partial charge in [0.25, 0.3) is 0 Å². The van der Waals surface area contributed by atoms with Gasteiger partial charge in [-0.3, -0.25) is 0 Å². The fourth-order valence-electron chi connectivity index (χ4n) is 4.59. The summed E-state index contributed by atoms with van der Waals surface area (Å²) < 4.78 is 58.4. The maximum absolute atomic E-state index is 7.49. The average molecular weight is 531 g/mol. The Morgan fingerprint density at radius 1 is 1.05 bits per heavy atom. The van der Waals surface area contributed by atoms with Gasteiger partial charge >= 0.3 is 0 Å². The zero-order chi connectivity index (χ0) is 33.0. The van der Waals surface area contributed by atoms with Crippen LogP contribution in [0.3, 0.4) is 0 Å². The molecule has 1 aliphatic rings. The van der Waals surface area contributed by atoms with E-state index in [9.17, 15) is 0 Å². The van der Waals surface area contributed by atoms with Crippen LogP contribution in [-0.4, -0.2) is 13.9 Å². The number of benzene rings is 1. The van der Waals surface area contributed by atoms with Crippen molar-refractivity contribution in [3.05, 3.63) is 57.7 Å². The van der Waals surface area contributed by atoms with Crippen molar-refractivity contribution in [1.82, 2.24) is 0 Å². The van der Waals surface area contributed by atoms with Gasteiger partial charge in [-0.15, -0.1) is 0 Å². The molecule has 0 aromatic heterocycles. The first kappa shape index (κ1) is 23.2. The number of allylic oxidation sites excluding steroid dienone is 6. The van der Waals surface area contributed by atoms with E-state index >= 15 is 0 Å². The Kier molecular flexibility index (Phi) is 8.06. The van der Waals surface area contributed by atoms with Crippen molar-refractivity contribution < 1.29 is 17.4 Å². The van der Waals surface area contributed by atoms with Crippen LogP contribution in [0.1, 0.15) is 125 Å². The Morgan fingerprint density at radius 3 is 2.24 bits per heavy atom. The molecule has 208 valence electrons. The SMILES string of the molecule is [2H]C([2H])([2H])C(=CCC/C(C)=C/CC/C(C)=C/CC[C@]1(C)CCc2c(C)c(O[Si](C)(C)C(C)(C)C)cc(C)c2O1)C([2H])([2H])[2H]. The summed E-state index contributed by atoms with van der Waals surface area (Å²) in [4.78, 5) is 0. The van der Waals surface area contributed by atoms with E-state index in [2.05, 4.69) is 79.8 Å². The number of ether oxygens (including phenoxy) is 1. The highest BCUT2D eigenvalue weighted by Gasteiger charge is 2.40. The van der Waals surface area contributed by atoms with Gasteiger partial charge in [0, 0.05) is 13.8 Å². The molecule has 1 aliphatic heterocycles. The van der Waals surface area contributed by atoms with Crippen LogP contribution in [0.5, 0.6) is 11.5 Å². The van der Waals surface area contributed by atoms with Gasteiger partial charge in [0.15, 0.2) is 0 Å². The third-order valence-corrected chi connectivity index (χ3v) is 12.7. The summed E-state index contributed by atoms with van der Waals surface area (Å²) in [6.07, 6.45) is 12.7. The fraction of sp³-hybridized carbons (Fsp3) is 0.647. The molecule has 2 nitrogen and oxygen atoms in total. The molecule has 2 rings (SSSR count). The van der Waals surface area contributed by atoms with E-state index in [1.807, 2.05) is 6.92 Å². The summed E-state index contributed by atoms with van der Waals surface area (Å²) in [5.41, 5.74) is 5.52. The largest absolute Gasteiger partial charge is 0.543 e. The minimum Gasteiger partial charge on any atom is -0.543 e. The molecule has 1 heterocycles. The van der Waals surface area contributed by atoms with Crippen molar-refractivity contribution in [1.29, 1.82) is 0 Å². The smallest absolute Gasteiger partial charge is 0.250 e. The van der Waals surface area contributed by atoms with Gasteiger partial charge in [-0.1, -0.05) is 55.7 Å². The first-order valence-corrected chi connectivity index (χ1v) is 16.9. The summed E-state index contributed by atoms with van der Waals surface area (Å²) >= 11 is 0. The Hall–Kier alpha value is -1.74. The average Bonchev–Trinajstić information content (AvgIpc) is 2.82. The minimum atomic E-state index is -2.59. The van der Waals surface area contributed by atoms with E-state index in [4.69, 9.17) is 17.4 Å². The normalized spacial score (nSPS) is 21.9. The van der Waals surface area contributed by atoms with E-state index in [0.29, 0.717) is 12.8 Å². The van der Waals surface area contributed by atoms with E-state index < -0.39 is 27.6 Å². The van der Waals surface area contributed by atoms with E-state index in [0.717, 1.165) is 61.2 Å². The monoisotopic (exact) mass is 530 g/mol. The molecule has 0 aliphatic carbocycles. The van der Waals surface area contributed by atoms with Gasteiger partial charge in [-0.2, -0.15) is 0 Å². The number of hydrogen-bond acceptors (Lipinski definition) is 2. The Labute approximate surface area is 239 Å². The summed E-state index contributed by atoms with van der Waals surface area (Å²) in [6.45, 7) is 17.0. The van der Waals surface area contributed by atoms with Crippen molar-refractivity contribution >= 4 is 8.32 Å². The molecule has 0 bridgehead atoms. The molecular formula is C34H56O2Si. The molecule has 1 aromatic carbocycles. The van der Waals surface area contributed by atoms with E-state index in [-0.39, 0.29) is 10.6 Å². The number of hydrogen-bond donors (Lipinski definition) is 0. The van der Waals surface area contributed by atoms with Crippen molar-refractivity contribution in [2.75, 3.05) is 0 Å². The van der Waals surface area contributed by atoms with Gasteiger partial charge in [-0.05, 0) is 135 Å². The zero-order valence-corrected chi connectivity index (χ0v) is 26.3. The lowest BCUT2D eigenvalue weighted by Gasteiger charge is -2.40. The molecule has 1 aromatic rings. The summed E-state index contributed by atoms with van der Waals surface area (Å²) in [5, 5.41) is 0.146. The van der Waals surface area contributed by atoms with Crippen LogP contribution < -0.4 is 9.16 Å². The highest BCUT2D eigenvalue weighted by Crippen LogP contribution is 2.45. The van der Waals surface area contributed by atoms with Crippen LogP contribution in [0.15, 0.2) is 41.0 Å². The van der Waals surface area contributed by atoms with Crippen LogP contribution in [0.4, 0.5) is 0 Å². The van der Waals surface area contributed by atoms with Crippen LogP contribution in [0.2, 0.25) is 18.1 Å². The van der Waals surface area contributed by atoms with Gasteiger partial charge in [0.05, 0.1) is 0 Å². The highest BCUT2D eigenvalue weighted by atomic mass is 28.4. The second-order valence-electron chi connectivity index (χ2n) is 12.9. The predicted octanol–water partition coefficient (Wildman–Crippen LogP) is 11.0. The maximum atomic E-state index is 7.49. The molecule has 0 radical (unpaired) electrons. The van der Waals surface area contributed by atoms with Crippen molar-refractivity contribution in [2.45, 2.75) is 144 Å². The van der Waals surface area contributed by atoms with Crippen LogP contribution in [0, 0.1) is 13.8 Å². The molecule has 0 unspecified atom stereocenters. The number of rotatable bonds is 11. The third kappa shape index (κ3) is 9.20. The van der Waals surface area contributed by atoms with E-state index in [1.54, 1.807) is 0 Å². The molecule has 0 saturated carbocycles. The number of fused-ring (bicyclic) bond motifs is 1. The number of aryl methyl sites for hydroxylation is 1. The van der Waals surface area contributed by atoms with E-state index in [1.165, 1.54) is 22.8 Å². The first-order valence-electron chi connectivity index (χ1n) is 17.0. The van der Waals surface area contributed by atoms with Crippen LogP contribution >= 0.6 is 0 Å². The second kappa shape index (κ2) is 12.9. The lowest BCUT2D eigenvalue weighted by Crippen LogP contribution is -2.44.